The predicted molar refractivity (Wildman–Crippen MR) is 49.7 cm³/mol. The van der Waals surface area contributed by atoms with E-state index in [2.05, 4.69) is 36.0 Å². The van der Waals surface area contributed by atoms with Gasteiger partial charge in [-0.15, -0.1) is 0 Å². The second-order valence-corrected chi connectivity index (χ2v) is 2.98. The maximum Gasteiger partial charge on any atom is 0.169 e. The molecule has 0 fully saturated rings. The van der Waals surface area contributed by atoms with E-state index in [-0.39, 0.29) is 0 Å². The van der Waals surface area contributed by atoms with Gasteiger partial charge in [0.2, 0.25) is 0 Å². The Morgan fingerprint density at radius 3 is 2.50 bits per heavy atom. The van der Waals surface area contributed by atoms with Crippen LogP contribution in [-0.4, -0.2) is 6.54 Å². The number of aromatic nitrogens is 1. The summed E-state index contributed by atoms with van der Waals surface area (Å²) in [6.07, 6.45) is 6.57. The van der Waals surface area contributed by atoms with Crippen LogP contribution >= 0.6 is 0 Å². The van der Waals surface area contributed by atoms with Crippen LogP contribution in [0.5, 0.6) is 0 Å². The van der Waals surface area contributed by atoms with Gasteiger partial charge in [-0.1, -0.05) is 13.3 Å². The van der Waals surface area contributed by atoms with Crippen LogP contribution in [-0.2, 0) is 13.0 Å². The van der Waals surface area contributed by atoms with Crippen molar-refractivity contribution >= 4 is 0 Å². The smallest absolute Gasteiger partial charge is 0.169 e. The van der Waals surface area contributed by atoms with Crippen molar-refractivity contribution in [3.63, 3.8) is 0 Å². The van der Waals surface area contributed by atoms with Gasteiger partial charge in [-0.25, -0.2) is 4.57 Å². The summed E-state index contributed by atoms with van der Waals surface area (Å²) < 4.78 is 2.11. The summed E-state index contributed by atoms with van der Waals surface area (Å²) in [4.78, 5) is 0. The van der Waals surface area contributed by atoms with Gasteiger partial charge < -0.3 is 5.73 Å². The van der Waals surface area contributed by atoms with Crippen LogP contribution in [0.4, 0.5) is 0 Å². The molecular weight excluding hydrogens is 148 g/mol. The molecule has 0 aliphatic heterocycles. The maximum atomic E-state index is 5.44. The zero-order chi connectivity index (χ0) is 8.81. The van der Waals surface area contributed by atoms with Crippen LogP contribution in [0.1, 0.15) is 18.9 Å². The Balaban J connectivity index is 2.58. The zero-order valence-corrected chi connectivity index (χ0v) is 7.66. The average molecular weight is 165 g/mol. The van der Waals surface area contributed by atoms with Gasteiger partial charge in [0.15, 0.2) is 18.9 Å². The topological polar surface area (TPSA) is 29.9 Å². The van der Waals surface area contributed by atoms with Gasteiger partial charge in [-0.05, 0) is 12.0 Å². The quantitative estimate of drug-likeness (QED) is 0.660. The first kappa shape index (κ1) is 9.20. The van der Waals surface area contributed by atoms with Crippen LogP contribution in [0.3, 0.4) is 0 Å². The van der Waals surface area contributed by atoms with Crippen LogP contribution in [0, 0.1) is 0 Å². The highest BCUT2D eigenvalue weighted by Gasteiger charge is 1.97. The minimum absolute atomic E-state index is 0.706. The molecule has 66 valence electrons. The number of nitrogens with zero attached hydrogens (tertiary/aromatic N) is 1. The van der Waals surface area contributed by atoms with Crippen LogP contribution in [0.2, 0.25) is 0 Å². The molecule has 0 aliphatic rings. The van der Waals surface area contributed by atoms with Gasteiger partial charge >= 0.3 is 0 Å². The van der Waals surface area contributed by atoms with E-state index in [1.807, 2.05) is 0 Å². The van der Waals surface area contributed by atoms with E-state index < -0.39 is 0 Å². The lowest BCUT2D eigenvalue weighted by atomic mass is 10.2. The first-order valence-electron chi connectivity index (χ1n) is 4.55. The summed E-state index contributed by atoms with van der Waals surface area (Å²) in [5.41, 5.74) is 6.84. The molecule has 0 amide bonds. The van der Waals surface area contributed by atoms with Crippen molar-refractivity contribution < 1.29 is 4.57 Å². The predicted octanol–water partition coefficient (Wildman–Crippen LogP) is 0.885. The molecule has 1 aromatic rings. The van der Waals surface area contributed by atoms with Gasteiger partial charge in [-0.3, -0.25) is 0 Å². The third-order valence-electron chi connectivity index (χ3n) is 1.89. The Labute approximate surface area is 74.0 Å². The minimum atomic E-state index is 0.706. The first-order valence-corrected chi connectivity index (χ1v) is 4.55. The third kappa shape index (κ3) is 2.62. The Bertz CT molecular complexity index is 191. The van der Waals surface area contributed by atoms with E-state index in [0.717, 1.165) is 6.54 Å². The van der Waals surface area contributed by atoms with Crippen molar-refractivity contribution in [1.29, 1.82) is 0 Å². The molecule has 1 aromatic heterocycles. The van der Waals surface area contributed by atoms with E-state index in [1.54, 1.807) is 0 Å². The maximum absolute atomic E-state index is 5.44. The first-order chi connectivity index (χ1) is 5.86. The minimum Gasteiger partial charge on any atom is -0.325 e. The van der Waals surface area contributed by atoms with Crippen molar-refractivity contribution in [2.75, 3.05) is 6.54 Å². The van der Waals surface area contributed by atoms with E-state index in [9.17, 15) is 0 Å². The lowest BCUT2D eigenvalue weighted by molar-refractivity contribution is -0.694. The average Bonchev–Trinajstić information content (AvgIpc) is 2.09. The van der Waals surface area contributed by atoms with Gasteiger partial charge in [0.25, 0.3) is 0 Å². The molecule has 0 aliphatic carbocycles. The van der Waals surface area contributed by atoms with Gasteiger partial charge in [-0.2, -0.15) is 0 Å². The molecule has 0 radical (unpaired) electrons. The Hall–Kier alpha value is -0.890. The number of rotatable bonds is 4. The Morgan fingerprint density at radius 1 is 1.33 bits per heavy atom. The summed E-state index contributed by atoms with van der Waals surface area (Å²) in [6, 6.07) is 4.33. The van der Waals surface area contributed by atoms with Crippen molar-refractivity contribution in [3.8, 4) is 0 Å². The van der Waals surface area contributed by atoms with Gasteiger partial charge in [0.1, 0.15) is 0 Å². The third-order valence-corrected chi connectivity index (χ3v) is 1.89. The Morgan fingerprint density at radius 2 is 2.00 bits per heavy atom. The standard InChI is InChI=1S/C10H17N2/c1-2-3-10-4-7-12(8-5-10)9-6-11/h4-5,7-8H,2-3,6,9,11H2,1H3/q+1. The molecule has 0 atom stereocenters. The Kier molecular flexibility index (Phi) is 3.74. The van der Waals surface area contributed by atoms with Crippen LogP contribution in [0.25, 0.3) is 0 Å². The fourth-order valence-electron chi connectivity index (χ4n) is 1.24. The molecule has 0 saturated carbocycles. The van der Waals surface area contributed by atoms with Crippen molar-refractivity contribution in [2.45, 2.75) is 26.3 Å². The second-order valence-electron chi connectivity index (χ2n) is 2.98. The molecule has 0 bridgehead atoms. The number of pyridine rings is 1. The number of hydrogen-bond donors (Lipinski definition) is 1. The molecule has 0 aromatic carbocycles. The molecule has 2 heteroatoms. The lowest BCUT2D eigenvalue weighted by Crippen LogP contribution is -2.36. The van der Waals surface area contributed by atoms with E-state index in [0.29, 0.717) is 6.54 Å². The normalized spacial score (nSPS) is 10.2. The highest BCUT2D eigenvalue weighted by Crippen LogP contribution is 1.98. The highest BCUT2D eigenvalue weighted by molar-refractivity contribution is 5.06. The van der Waals surface area contributed by atoms with Gasteiger partial charge in [0.05, 0.1) is 6.54 Å². The number of nitrogens with two attached hydrogens (primary N) is 1. The van der Waals surface area contributed by atoms with Crippen molar-refractivity contribution in [1.82, 2.24) is 0 Å². The summed E-state index contributed by atoms with van der Waals surface area (Å²) in [5.74, 6) is 0. The molecule has 0 saturated heterocycles. The molecule has 1 heterocycles. The van der Waals surface area contributed by atoms with E-state index in [1.165, 1.54) is 18.4 Å². The summed E-state index contributed by atoms with van der Waals surface area (Å²) in [7, 11) is 0. The molecule has 1 rings (SSSR count). The van der Waals surface area contributed by atoms with Crippen molar-refractivity contribution in [3.05, 3.63) is 30.1 Å². The molecule has 0 spiro atoms. The van der Waals surface area contributed by atoms with E-state index in [4.69, 9.17) is 5.73 Å². The second kappa shape index (κ2) is 4.88. The molecular formula is C10H17N2+. The summed E-state index contributed by atoms with van der Waals surface area (Å²) in [6.45, 7) is 3.81. The number of aryl methyl sites for hydroxylation is 1. The molecule has 2 nitrogen and oxygen atoms in total. The van der Waals surface area contributed by atoms with Gasteiger partial charge in [0, 0.05) is 12.1 Å². The highest BCUT2D eigenvalue weighted by atomic mass is 14.9. The monoisotopic (exact) mass is 165 g/mol. The van der Waals surface area contributed by atoms with Crippen LogP contribution < -0.4 is 10.3 Å². The molecule has 0 unspecified atom stereocenters. The summed E-state index contributed by atoms with van der Waals surface area (Å²) in [5, 5.41) is 0. The molecule has 2 N–H and O–H groups in total. The summed E-state index contributed by atoms with van der Waals surface area (Å²) >= 11 is 0. The molecule has 12 heavy (non-hydrogen) atoms. The van der Waals surface area contributed by atoms with Crippen LogP contribution in [0.15, 0.2) is 24.5 Å². The van der Waals surface area contributed by atoms with E-state index >= 15 is 0 Å². The largest absolute Gasteiger partial charge is 0.325 e. The number of hydrogen-bond acceptors (Lipinski definition) is 1. The van der Waals surface area contributed by atoms with Crippen molar-refractivity contribution in [2.24, 2.45) is 5.73 Å². The lowest BCUT2D eigenvalue weighted by Gasteiger charge is -1.96. The SMILES string of the molecule is CCCc1cc[n+](CCN)cc1. The zero-order valence-electron chi connectivity index (χ0n) is 7.66. The fraction of sp³-hybridized carbons (Fsp3) is 0.500. The fourth-order valence-corrected chi connectivity index (χ4v) is 1.24.